The van der Waals surface area contributed by atoms with E-state index in [0.717, 1.165) is 12.1 Å². The number of aliphatic hydroxyl groups is 1. The highest BCUT2D eigenvalue weighted by Crippen LogP contribution is 2.33. The molecule has 12 nitrogen and oxygen atoms in total. The van der Waals surface area contributed by atoms with E-state index >= 15 is 0 Å². The molecule has 0 saturated carbocycles. The number of nitrogens with zero attached hydrogens (tertiary/aromatic N) is 1. The molecule has 5 atom stereocenters. The third-order valence-corrected chi connectivity index (χ3v) is 8.48. The van der Waals surface area contributed by atoms with Crippen LogP contribution in [0.4, 0.5) is 18.0 Å². The van der Waals surface area contributed by atoms with E-state index in [1.165, 1.54) is 24.7 Å². The predicted octanol–water partition coefficient (Wildman–Crippen LogP) is 1.74. The van der Waals surface area contributed by atoms with Crippen LogP contribution < -0.4 is 15.5 Å². The van der Waals surface area contributed by atoms with Crippen LogP contribution in [0.15, 0.2) is 59.5 Å². The number of amides is 2. The largest absolute Gasteiger partial charge is 0.497 e. The molecule has 2 aliphatic heterocycles. The zero-order valence-corrected chi connectivity index (χ0v) is 23.1. The quantitative estimate of drug-likeness (QED) is 0.320. The average Bonchev–Trinajstić information content (AvgIpc) is 3.57. The van der Waals surface area contributed by atoms with Gasteiger partial charge in [0.15, 0.2) is 6.29 Å². The van der Waals surface area contributed by atoms with Crippen molar-refractivity contribution in [1.29, 1.82) is 0 Å². The van der Waals surface area contributed by atoms with E-state index in [1.54, 1.807) is 30.3 Å². The van der Waals surface area contributed by atoms with Crippen LogP contribution in [-0.2, 0) is 35.4 Å². The number of benzene rings is 2. The lowest BCUT2D eigenvalue weighted by molar-refractivity contribution is -0.177. The maximum atomic E-state index is 13.3. The third kappa shape index (κ3) is 7.69. The van der Waals surface area contributed by atoms with E-state index in [-0.39, 0.29) is 29.1 Å². The number of fused-ring (bicyclic) bond motifs is 1. The number of sulfonamides is 1. The van der Waals surface area contributed by atoms with Crippen LogP contribution in [-0.4, -0.2) is 87.5 Å². The van der Waals surface area contributed by atoms with Crippen molar-refractivity contribution in [1.82, 2.24) is 15.2 Å². The van der Waals surface area contributed by atoms with Crippen molar-refractivity contribution in [3.63, 3.8) is 0 Å². The highest BCUT2D eigenvalue weighted by atomic mass is 32.2. The number of aliphatic hydroxyl groups excluding tert-OH is 1. The summed E-state index contributed by atoms with van der Waals surface area (Å²) < 4.78 is 87.4. The molecule has 42 heavy (non-hydrogen) atoms. The Bertz CT molecular complexity index is 1330. The molecule has 2 aromatic carbocycles. The Hall–Kier alpha value is -3.44. The van der Waals surface area contributed by atoms with Gasteiger partial charge in [0, 0.05) is 0 Å². The van der Waals surface area contributed by atoms with Crippen LogP contribution in [0.2, 0.25) is 0 Å². The van der Waals surface area contributed by atoms with Crippen molar-refractivity contribution >= 4 is 22.0 Å². The number of methoxy groups -OCH3 is 1. The first-order valence-electron chi connectivity index (χ1n) is 12.9. The third-order valence-electron chi connectivity index (χ3n) is 6.79. The second-order valence-corrected chi connectivity index (χ2v) is 11.5. The van der Waals surface area contributed by atoms with Crippen LogP contribution in [0.25, 0.3) is 0 Å². The van der Waals surface area contributed by atoms with E-state index in [2.05, 4.69) is 5.32 Å². The van der Waals surface area contributed by atoms with Crippen LogP contribution in [0.5, 0.6) is 5.75 Å². The number of carbonyl (C=O) groups excluding carboxylic acids is 2. The van der Waals surface area contributed by atoms with Gasteiger partial charge >= 0.3 is 18.2 Å². The second-order valence-electron chi connectivity index (χ2n) is 9.63. The zero-order valence-electron chi connectivity index (χ0n) is 22.3. The smallest absolute Gasteiger partial charge is 0.472 e. The molecular weight excluding hydrogens is 587 g/mol. The lowest BCUT2D eigenvalue weighted by Gasteiger charge is -2.30. The first-order chi connectivity index (χ1) is 19.9. The van der Waals surface area contributed by atoms with Gasteiger partial charge in [0.1, 0.15) is 11.9 Å². The number of ether oxygens (including phenoxy) is 4. The standard InChI is InChI=1S/C26H30F3N3O9S/c1-38-17-7-9-18(10-8-17)42(36,37)32(31-24(34)26(27,28)29)14-21(33)20(13-16-5-3-2-4-6-16)30-25(35)41-22-15-40-23-19(22)11-12-39-23/h2-10,19-23,33H,11-15H2,1H3,(H,30,35)(H,31,34)/t19?,20-,21+,22-,23+/m0/s1. The number of carbonyl (C=O) groups is 2. The molecule has 1 unspecified atom stereocenters. The normalized spacial score (nSPS) is 21.8. The first kappa shape index (κ1) is 31.5. The summed E-state index contributed by atoms with van der Waals surface area (Å²) in [5.74, 6) is -2.49. The molecule has 0 aliphatic carbocycles. The molecule has 0 spiro atoms. The van der Waals surface area contributed by atoms with Crippen LogP contribution in [0.3, 0.4) is 0 Å². The van der Waals surface area contributed by atoms with Gasteiger partial charge in [-0.05, 0) is 42.7 Å². The minimum atomic E-state index is -5.44. The van der Waals surface area contributed by atoms with Crippen molar-refractivity contribution in [2.45, 2.75) is 48.5 Å². The lowest BCUT2D eigenvalue weighted by Crippen LogP contribution is -2.57. The minimum absolute atomic E-state index is 0.00835. The summed E-state index contributed by atoms with van der Waals surface area (Å²) in [6.07, 6.45) is -8.79. The summed E-state index contributed by atoms with van der Waals surface area (Å²) >= 11 is 0. The fraction of sp³-hybridized carbons (Fsp3) is 0.462. The number of nitrogens with one attached hydrogen (secondary N) is 2. The van der Waals surface area contributed by atoms with Gasteiger partial charge in [0.2, 0.25) is 0 Å². The number of hydrogen-bond acceptors (Lipinski definition) is 9. The minimum Gasteiger partial charge on any atom is -0.497 e. The van der Waals surface area contributed by atoms with Gasteiger partial charge in [0.25, 0.3) is 10.0 Å². The molecule has 2 amide bonds. The molecule has 0 aromatic heterocycles. The van der Waals surface area contributed by atoms with Crippen molar-refractivity contribution in [3.8, 4) is 5.75 Å². The van der Waals surface area contributed by atoms with Crippen molar-refractivity contribution < 1.29 is 55.2 Å². The number of hydrazine groups is 1. The van der Waals surface area contributed by atoms with Gasteiger partial charge in [-0.25, -0.2) is 13.2 Å². The summed E-state index contributed by atoms with van der Waals surface area (Å²) in [4.78, 5) is 24.2. The molecule has 2 aliphatic rings. The maximum Gasteiger partial charge on any atom is 0.472 e. The second kappa shape index (κ2) is 13.2. The number of hydrogen-bond donors (Lipinski definition) is 3. The summed E-state index contributed by atoms with van der Waals surface area (Å²) in [5, 5.41) is 13.6. The van der Waals surface area contributed by atoms with E-state index in [4.69, 9.17) is 18.9 Å². The highest BCUT2D eigenvalue weighted by Gasteiger charge is 2.45. The summed E-state index contributed by atoms with van der Waals surface area (Å²) in [6.45, 7) is -0.528. The predicted molar refractivity (Wildman–Crippen MR) is 138 cm³/mol. The van der Waals surface area contributed by atoms with Gasteiger partial charge in [-0.2, -0.15) is 13.2 Å². The van der Waals surface area contributed by atoms with Crippen molar-refractivity contribution in [3.05, 3.63) is 60.2 Å². The SMILES string of the molecule is COc1ccc(S(=O)(=O)N(C[C@@H](O)[C@H](Cc2ccccc2)NC(=O)O[C@H]2CO[C@H]3OCCC32)NC(=O)C(F)(F)F)cc1. The first-order valence-corrected chi connectivity index (χ1v) is 14.3. The van der Waals surface area contributed by atoms with Gasteiger partial charge in [-0.1, -0.05) is 30.3 Å². The van der Waals surface area contributed by atoms with Crippen molar-refractivity contribution in [2.24, 2.45) is 5.92 Å². The average molecular weight is 618 g/mol. The summed E-state index contributed by atoms with van der Waals surface area (Å²) in [5.41, 5.74) is 1.94. The molecule has 2 fully saturated rings. The Morgan fingerprint density at radius 2 is 1.81 bits per heavy atom. The van der Waals surface area contributed by atoms with Gasteiger partial charge < -0.3 is 29.4 Å². The lowest BCUT2D eigenvalue weighted by atomic mass is 10.0. The monoisotopic (exact) mass is 617 g/mol. The van der Waals surface area contributed by atoms with Crippen LogP contribution >= 0.6 is 0 Å². The Labute approximate surface area is 239 Å². The number of halogens is 3. The molecule has 4 rings (SSSR count). The molecule has 230 valence electrons. The van der Waals surface area contributed by atoms with Crippen LogP contribution in [0, 0.1) is 5.92 Å². The fourth-order valence-corrected chi connectivity index (χ4v) is 5.86. The number of alkyl carbamates (subject to hydrolysis) is 1. The highest BCUT2D eigenvalue weighted by molar-refractivity contribution is 7.89. The van der Waals surface area contributed by atoms with Crippen molar-refractivity contribution in [2.75, 3.05) is 26.9 Å². The van der Waals surface area contributed by atoms with E-state index in [0.29, 0.717) is 18.6 Å². The fourth-order valence-electron chi connectivity index (χ4n) is 4.57. The van der Waals surface area contributed by atoms with Crippen LogP contribution in [0.1, 0.15) is 12.0 Å². The molecule has 0 bridgehead atoms. The molecule has 0 radical (unpaired) electrons. The summed E-state index contributed by atoms with van der Waals surface area (Å²) in [6, 6.07) is 11.9. The van der Waals surface area contributed by atoms with Gasteiger partial charge in [0.05, 0.1) is 49.8 Å². The Balaban J connectivity index is 1.56. The molecule has 16 heteroatoms. The molecule has 2 heterocycles. The Morgan fingerprint density at radius 3 is 2.45 bits per heavy atom. The van der Waals surface area contributed by atoms with Gasteiger partial charge in [-0.3, -0.25) is 10.2 Å². The molecule has 2 aromatic rings. The van der Waals surface area contributed by atoms with E-state index < -0.39 is 64.2 Å². The van der Waals surface area contributed by atoms with E-state index in [1.807, 2.05) is 0 Å². The molecule has 3 N–H and O–H groups in total. The molecule has 2 saturated heterocycles. The van der Waals surface area contributed by atoms with E-state index in [9.17, 15) is 36.3 Å². The summed E-state index contributed by atoms with van der Waals surface area (Å²) in [7, 11) is -3.49. The number of alkyl halides is 3. The zero-order chi connectivity index (χ0) is 30.5. The number of rotatable bonds is 11. The topological polar surface area (TPSA) is 153 Å². The van der Waals surface area contributed by atoms with Gasteiger partial charge in [-0.15, -0.1) is 4.41 Å². The Morgan fingerprint density at radius 1 is 1.12 bits per heavy atom. The molecular formula is C26H30F3N3O9S. The maximum absolute atomic E-state index is 13.3. The Kier molecular flexibility index (Phi) is 9.93.